The minimum Gasteiger partial charge on any atom is -0.480 e. The van der Waals surface area contributed by atoms with Crippen LogP contribution in [0.4, 0.5) is 0 Å². The third kappa shape index (κ3) is 3.25. The number of likely N-dealkylation sites (N-methyl/N-ethyl adjacent to an activating group) is 1. The number of rotatable bonds is 5. The summed E-state index contributed by atoms with van der Waals surface area (Å²) in [6, 6.07) is 7.27. The van der Waals surface area contributed by atoms with Gasteiger partial charge in [0.1, 0.15) is 6.54 Å². The molecule has 0 saturated carbocycles. The maximum absolute atomic E-state index is 13.1. The molecule has 1 aromatic rings. The smallest absolute Gasteiger partial charge is 0.323 e. The van der Waals surface area contributed by atoms with Crippen LogP contribution in [0.2, 0.25) is 5.02 Å². The second-order valence-corrected chi connectivity index (χ2v) is 5.79. The lowest BCUT2D eigenvalue weighted by atomic mass is 9.73. The van der Waals surface area contributed by atoms with Gasteiger partial charge in [-0.25, -0.2) is 0 Å². The number of hydrogen-bond donors (Lipinski definition) is 1. The van der Waals surface area contributed by atoms with Gasteiger partial charge in [0.2, 0.25) is 5.91 Å². The number of ether oxygens (including phenoxy) is 1. The third-order valence-corrected chi connectivity index (χ3v) is 4.47. The number of nitrogens with zero attached hydrogens (tertiary/aromatic N) is 1. The highest BCUT2D eigenvalue weighted by atomic mass is 35.5. The maximum Gasteiger partial charge on any atom is 0.323 e. The van der Waals surface area contributed by atoms with Crippen molar-refractivity contribution >= 4 is 23.5 Å². The Bertz CT molecular complexity index is 555. The molecule has 2 rings (SSSR count). The number of carbonyl (C=O) groups excluding carboxylic acids is 1. The van der Waals surface area contributed by atoms with Crippen LogP contribution in [0.1, 0.15) is 25.3 Å². The highest BCUT2D eigenvalue weighted by Gasteiger charge is 2.45. The zero-order valence-corrected chi connectivity index (χ0v) is 13.3. The second kappa shape index (κ2) is 7.11. The van der Waals surface area contributed by atoms with Gasteiger partial charge in [0.15, 0.2) is 0 Å². The van der Waals surface area contributed by atoms with Gasteiger partial charge in [-0.2, -0.15) is 0 Å². The molecule has 1 saturated heterocycles. The van der Waals surface area contributed by atoms with Gasteiger partial charge in [-0.3, -0.25) is 9.59 Å². The van der Waals surface area contributed by atoms with Crippen LogP contribution in [0.25, 0.3) is 0 Å². The van der Waals surface area contributed by atoms with Crippen molar-refractivity contribution in [3.05, 3.63) is 34.9 Å². The number of benzene rings is 1. The lowest BCUT2D eigenvalue weighted by Gasteiger charge is -2.40. The SMILES string of the molecule is CCN(CC(=O)O)C(=O)C1(c2ccccc2Cl)CCOCC1. The molecule has 0 aromatic heterocycles. The van der Waals surface area contributed by atoms with Crippen molar-refractivity contribution in [2.75, 3.05) is 26.3 Å². The topological polar surface area (TPSA) is 66.8 Å². The van der Waals surface area contributed by atoms with Crippen molar-refractivity contribution in [2.45, 2.75) is 25.2 Å². The number of halogens is 1. The summed E-state index contributed by atoms with van der Waals surface area (Å²) in [5.74, 6) is -1.20. The summed E-state index contributed by atoms with van der Waals surface area (Å²) in [6.45, 7) is 2.74. The van der Waals surface area contributed by atoms with Crippen LogP contribution < -0.4 is 0 Å². The van der Waals surface area contributed by atoms with Crippen molar-refractivity contribution in [2.24, 2.45) is 0 Å². The van der Waals surface area contributed by atoms with Crippen LogP contribution in [0.15, 0.2) is 24.3 Å². The Labute approximate surface area is 134 Å². The molecule has 22 heavy (non-hydrogen) atoms. The molecular weight excluding hydrogens is 306 g/mol. The van der Waals surface area contributed by atoms with E-state index in [0.29, 0.717) is 37.6 Å². The number of carboxylic acids is 1. The zero-order valence-electron chi connectivity index (χ0n) is 12.5. The molecule has 0 atom stereocenters. The quantitative estimate of drug-likeness (QED) is 0.902. The minimum atomic E-state index is -1.02. The zero-order chi connectivity index (χ0) is 16.2. The first-order valence-electron chi connectivity index (χ1n) is 7.35. The lowest BCUT2D eigenvalue weighted by molar-refractivity contribution is -0.149. The molecule has 1 aliphatic rings. The molecule has 0 unspecified atom stereocenters. The molecule has 5 nitrogen and oxygen atoms in total. The fraction of sp³-hybridized carbons (Fsp3) is 0.500. The van der Waals surface area contributed by atoms with E-state index in [1.807, 2.05) is 18.2 Å². The van der Waals surface area contributed by atoms with Crippen molar-refractivity contribution in [1.29, 1.82) is 0 Å². The normalized spacial score (nSPS) is 17.0. The number of aliphatic carboxylic acids is 1. The predicted molar refractivity (Wildman–Crippen MR) is 83.1 cm³/mol. The van der Waals surface area contributed by atoms with E-state index >= 15 is 0 Å². The number of carbonyl (C=O) groups is 2. The highest BCUT2D eigenvalue weighted by molar-refractivity contribution is 6.31. The monoisotopic (exact) mass is 325 g/mol. The molecular formula is C16H20ClNO4. The molecule has 0 bridgehead atoms. The van der Waals surface area contributed by atoms with E-state index in [1.54, 1.807) is 13.0 Å². The lowest BCUT2D eigenvalue weighted by Crippen LogP contribution is -2.51. The van der Waals surface area contributed by atoms with Crippen LogP contribution in [0.3, 0.4) is 0 Å². The fourth-order valence-electron chi connectivity index (χ4n) is 2.96. The summed E-state index contributed by atoms with van der Waals surface area (Å²) >= 11 is 6.32. The highest BCUT2D eigenvalue weighted by Crippen LogP contribution is 2.40. The van der Waals surface area contributed by atoms with E-state index in [-0.39, 0.29) is 12.5 Å². The summed E-state index contributed by atoms with van der Waals surface area (Å²) in [7, 11) is 0. The average molecular weight is 326 g/mol. The number of hydrogen-bond acceptors (Lipinski definition) is 3. The van der Waals surface area contributed by atoms with Gasteiger partial charge in [0, 0.05) is 24.8 Å². The number of amides is 1. The Morgan fingerprint density at radius 3 is 2.50 bits per heavy atom. The molecule has 1 N–H and O–H groups in total. The number of carboxylic acid groups (broad SMARTS) is 1. The fourth-order valence-corrected chi connectivity index (χ4v) is 3.28. The van der Waals surface area contributed by atoms with E-state index in [2.05, 4.69) is 0 Å². The molecule has 120 valence electrons. The van der Waals surface area contributed by atoms with Gasteiger partial charge >= 0.3 is 5.97 Å². The first-order chi connectivity index (χ1) is 10.5. The summed E-state index contributed by atoms with van der Waals surface area (Å²) in [5.41, 5.74) is -0.0454. The van der Waals surface area contributed by atoms with Crippen molar-refractivity contribution in [3.8, 4) is 0 Å². The minimum absolute atomic E-state index is 0.186. The third-order valence-electron chi connectivity index (χ3n) is 4.14. The summed E-state index contributed by atoms with van der Waals surface area (Å²) in [6.07, 6.45) is 1.01. The van der Waals surface area contributed by atoms with E-state index < -0.39 is 11.4 Å². The maximum atomic E-state index is 13.1. The molecule has 1 aromatic carbocycles. The second-order valence-electron chi connectivity index (χ2n) is 5.39. The van der Waals surface area contributed by atoms with Gasteiger partial charge < -0.3 is 14.7 Å². The van der Waals surface area contributed by atoms with Crippen molar-refractivity contribution < 1.29 is 19.4 Å². The Balaban J connectivity index is 2.43. The summed E-state index contributed by atoms with van der Waals surface area (Å²) in [4.78, 5) is 25.5. The Kier molecular flexibility index (Phi) is 5.42. The van der Waals surface area contributed by atoms with Crippen LogP contribution in [0.5, 0.6) is 0 Å². The molecule has 1 amide bonds. The van der Waals surface area contributed by atoms with Crippen molar-refractivity contribution in [3.63, 3.8) is 0 Å². The van der Waals surface area contributed by atoms with Crippen LogP contribution in [0, 0.1) is 0 Å². The molecule has 0 spiro atoms. The Morgan fingerprint density at radius 2 is 1.95 bits per heavy atom. The molecule has 6 heteroatoms. The van der Waals surface area contributed by atoms with Gasteiger partial charge in [-0.15, -0.1) is 0 Å². The van der Waals surface area contributed by atoms with Gasteiger partial charge in [-0.1, -0.05) is 29.8 Å². The average Bonchev–Trinajstić information content (AvgIpc) is 2.53. The van der Waals surface area contributed by atoms with Crippen molar-refractivity contribution in [1.82, 2.24) is 4.90 Å². The van der Waals surface area contributed by atoms with E-state index in [9.17, 15) is 9.59 Å². The van der Waals surface area contributed by atoms with Gasteiger partial charge in [0.05, 0.1) is 5.41 Å². The molecule has 0 aliphatic carbocycles. The first kappa shape index (κ1) is 16.8. The molecule has 1 aliphatic heterocycles. The van der Waals surface area contributed by atoms with Gasteiger partial charge in [0.25, 0.3) is 0 Å². The van der Waals surface area contributed by atoms with Gasteiger partial charge in [-0.05, 0) is 31.4 Å². The molecule has 0 radical (unpaired) electrons. The summed E-state index contributed by atoms with van der Waals surface area (Å²) < 4.78 is 5.40. The standard InChI is InChI=1S/C16H20ClNO4/c1-2-18(11-14(19)20)15(21)16(7-9-22-10-8-16)12-5-3-4-6-13(12)17/h3-6H,2,7-11H2,1H3,(H,19,20). The van der Waals surface area contributed by atoms with E-state index in [4.69, 9.17) is 21.4 Å². The summed E-state index contributed by atoms with van der Waals surface area (Å²) in [5, 5.41) is 9.56. The Hall–Kier alpha value is -1.59. The molecule has 1 heterocycles. The Morgan fingerprint density at radius 1 is 1.32 bits per heavy atom. The van der Waals surface area contributed by atoms with Crippen LogP contribution in [-0.4, -0.2) is 48.2 Å². The van der Waals surface area contributed by atoms with E-state index in [1.165, 1.54) is 4.90 Å². The van der Waals surface area contributed by atoms with E-state index in [0.717, 1.165) is 5.56 Å². The largest absolute Gasteiger partial charge is 0.480 e. The van der Waals surface area contributed by atoms with Crippen LogP contribution >= 0.6 is 11.6 Å². The molecule has 1 fully saturated rings. The predicted octanol–water partition coefficient (Wildman–Crippen LogP) is 2.32. The first-order valence-corrected chi connectivity index (χ1v) is 7.73. The van der Waals surface area contributed by atoms with Crippen LogP contribution in [-0.2, 0) is 19.7 Å².